The van der Waals surface area contributed by atoms with Crippen molar-refractivity contribution in [3.63, 3.8) is 0 Å². The van der Waals surface area contributed by atoms with E-state index < -0.39 is 8.80 Å². The van der Waals surface area contributed by atoms with Gasteiger partial charge >= 0.3 is 0 Å². The van der Waals surface area contributed by atoms with Crippen LogP contribution in [0.1, 0.15) is 19.3 Å². The minimum absolute atomic E-state index is 0.568. The second-order valence-electron chi connectivity index (χ2n) is 3.07. The SMILES string of the molecule is C[SiH](C)C#CC1CCC1. The van der Waals surface area contributed by atoms with Crippen molar-refractivity contribution in [1.82, 2.24) is 0 Å². The van der Waals surface area contributed by atoms with Gasteiger partial charge in [0, 0.05) is 5.92 Å². The molecule has 0 amide bonds. The van der Waals surface area contributed by atoms with Crippen molar-refractivity contribution in [2.45, 2.75) is 32.4 Å². The maximum absolute atomic E-state index is 3.34. The molecular formula is C8H14Si. The van der Waals surface area contributed by atoms with Crippen LogP contribution in [0.15, 0.2) is 0 Å². The Morgan fingerprint density at radius 1 is 1.33 bits per heavy atom. The van der Waals surface area contributed by atoms with Crippen molar-refractivity contribution in [3.8, 4) is 11.5 Å². The minimum Gasteiger partial charge on any atom is -0.136 e. The van der Waals surface area contributed by atoms with Gasteiger partial charge in [0.25, 0.3) is 0 Å². The summed E-state index contributed by atoms with van der Waals surface area (Å²) in [6.07, 6.45) is 4.15. The Morgan fingerprint density at radius 3 is 2.33 bits per heavy atom. The summed E-state index contributed by atoms with van der Waals surface area (Å²) in [5.74, 6) is 4.12. The predicted octanol–water partition coefficient (Wildman–Crippen LogP) is 1.82. The maximum atomic E-state index is 3.34. The lowest BCUT2D eigenvalue weighted by atomic mass is 9.86. The third-order valence-electron chi connectivity index (χ3n) is 1.68. The molecule has 0 aliphatic heterocycles. The maximum Gasteiger partial charge on any atom is 0.116 e. The standard InChI is InChI=1S/C8H14Si/c1-9(2)7-6-8-4-3-5-8/h8-9H,3-5H2,1-2H3. The third kappa shape index (κ3) is 2.23. The quantitative estimate of drug-likeness (QED) is 0.354. The van der Waals surface area contributed by atoms with Gasteiger partial charge in [0.1, 0.15) is 8.80 Å². The molecule has 9 heavy (non-hydrogen) atoms. The number of hydrogen-bond acceptors (Lipinski definition) is 0. The molecule has 50 valence electrons. The molecule has 1 rings (SSSR count). The smallest absolute Gasteiger partial charge is 0.116 e. The lowest BCUT2D eigenvalue weighted by Crippen LogP contribution is -2.08. The van der Waals surface area contributed by atoms with Gasteiger partial charge in [0.2, 0.25) is 0 Å². The van der Waals surface area contributed by atoms with Crippen molar-refractivity contribution < 1.29 is 0 Å². The molecule has 0 unspecified atom stereocenters. The van der Waals surface area contributed by atoms with Crippen LogP contribution in [0.3, 0.4) is 0 Å². The average molecular weight is 138 g/mol. The van der Waals surface area contributed by atoms with Gasteiger partial charge < -0.3 is 0 Å². The largest absolute Gasteiger partial charge is 0.136 e. The van der Waals surface area contributed by atoms with Crippen LogP contribution in [0.4, 0.5) is 0 Å². The Hall–Kier alpha value is -0.223. The van der Waals surface area contributed by atoms with Gasteiger partial charge in [-0.25, -0.2) is 0 Å². The van der Waals surface area contributed by atoms with Gasteiger partial charge in [0.05, 0.1) is 0 Å². The van der Waals surface area contributed by atoms with Gasteiger partial charge in [-0.3, -0.25) is 0 Å². The molecule has 0 bridgehead atoms. The molecule has 1 aliphatic carbocycles. The summed E-state index contributed by atoms with van der Waals surface area (Å²) < 4.78 is 0. The van der Waals surface area contributed by atoms with Crippen molar-refractivity contribution in [1.29, 1.82) is 0 Å². The molecule has 1 fully saturated rings. The first-order valence-corrected chi connectivity index (χ1v) is 6.69. The fraction of sp³-hybridized carbons (Fsp3) is 0.750. The van der Waals surface area contributed by atoms with Gasteiger partial charge in [-0.1, -0.05) is 19.5 Å². The molecular weight excluding hydrogens is 124 g/mol. The first-order chi connectivity index (χ1) is 4.29. The molecule has 1 aliphatic rings. The van der Waals surface area contributed by atoms with Crippen LogP contribution < -0.4 is 0 Å². The normalized spacial score (nSPS) is 18.6. The van der Waals surface area contributed by atoms with E-state index in [-0.39, 0.29) is 0 Å². The molecule has 0 saturated heterocycles. The Bertz CT molecular complexity index is 134. The van der Waals surface area contributed by atoms with Crippen LogP contribution in [0, 0.1) is 17.4 Å². The first kappa shape index (κ1) is 6.89. The van der Waals surface area contributed by atoms with Gasteiger partial charge in [0.15, 0.2) is 0 Å². The molecule has 0 radical (unpaired) electrons. The summed E-state index contributed by atoms with van der Waals surface area (Å²) in [5, 5.41) is 0. The van der Waals surface area contributed by atoms with Crippen molar-refractivity contribution in [3.05, 3.63) is 0 Å². The highest BCUT2D eigenvalue weighted by molar-refractivity contribution is 6.64. The van der Waals surface area contributed by atoms with E-state index in [1.54, 1.807) is 0 Å². The van der Waals surface area contributed by atoms with E-state index >= 15 is 0 Å². The highest BCUT2D eigenvalue weighted by Crippen LogP contribution is 2.24. The van der Waals surface area contributed by atoms with Crippen LogP contribution in [-0.2, 0) is 0 Å². The third-order valence-corrected chi connectivity index (χ3v) is 2.43. The molecule has 1 saturated carbocycles. The van der Waals surface area contributed by atoms with E-state index in [1.807, 2.05) is 0 Å². The molecule has 0 atom stereocenters. The molecule has 1 heteroatoms. The molecule has 0 aromatic carbocycles. The summed E-state index contributed by atoms with van der Waals surface area (Å²) >= 11 is 0. The summed E-state index contributed by atoms with van der Waals surface area (Å²) in [5.41, 5.74) is 3.34. The van der Waals surface area contributed by atoms with E-state index in [2.05, 4.69) is 24.6 Å². The van der Waals surface area contributed by atoms with Crippen molar-refractivity contribution in [2.75, 3.05) is 0 Å². The number of rotatable bonds is 0. The van der Waals surface area contributed by atoms with E-state index in [0.29, 0.717) is 0 Å². The van der Waals surface area contributed by atoms with Gasteiger partial charge in [-0.2, -0.15) is 0 Å². The fourth-order valence-corrected chi connectivity index (χ4v) is 1.41. The summed E-state index contributed by atoms with van der Waals surface area (Å²) in [7, 11) is -0.568. The lowest BCUT2D eigenvalue weighted by Gasteiger charge is -2.18. The second kappa shape index (κ2) is 3.08. The van der Waals surface area contributed by atoms with Crippen LogP contribution in [0.2, 0.25) is 13.1 Å². The Labute approximate surface area is 59.3 Å². The predicted molar refractivity (Wildman–Crippen MR) is 44.0 cm³/mol. The summed E-state index contributed by atoms with van der Waals surface area (Å²) in [6, 6.07) is 0. The molecule has 0 heterocycles. The van der Waals surface area contributed by atoms with Crippen LogP contribution in [0.25, 0.3) is 0 Å². The van der Waals surface area contributed by atoms with E-state index in [0.717, 1.165) is 5.92 Å². The molecule has 0 spiro atoms. The highest BCUT2D eigenvalue weighted by Gasteiger charge is 2.13. The zero-order valence-corrected chi connectivity index (χ0v) is 7.43. The van der Waals surface area contributed by atoms with Gasteiger partial charge in [-0.15, -0.1) is 11.5 Å². The summed E-state index contributed by atoms with van der Waals surface area (Å²) in [6.45, 7) is 4.57. The average Bonchev–Trinajstić information content (AvgIpc) is 1.60. The lowest BCUT2D eigenvalue weighted by molar-refractivity contribution is 0.402. The van der Waals surface area contributed by atoms with E-state index in [9.17, 15) is 0 Å². The van der Waals surface area contributed by atoms with Crippen LogP contribution in [0.5, 0.6) is 0 Å². The van der Waals surface area contributed by atoms with E-state index in [4.69, 9.17) is 0 Å². The molecule has 0 aromatic rings. The zero-order valence-electron chi connectivity index (χ0n) is 6.28. The Kier molecular flexibility index (Phi) is 2.35. The highest BCUT2D eigenvalue weighted by atomic mass is 28.3. The van der Waals surface area contributed by atoms with Crippen molar-refractivity contribution in [2.24, 2.45) is 5.92 Å². The second-order valence-corrected chi connectivity index (χ2v) is 5.67. The molecule has 0 nitrogen and oxygen atoms in total. The molecule has 0 N–H and O–H groups in total. The fourth-order valence-electron chi connectivity index (χ4n) is 0.837. The Balaban J connectivity index is 2.23. The molecule has 0 aromatic heterocycles. The first-order valence-electron chi connectivity index (χ1n) is 3.80. The number of hydrogen-bond donors (Lipinski definition) is 0. The van der Waals surface area contributed by atoms with Crippen LogP contribution >= 0.6 is 0 Å². The van der Waals surface area contributed by atoms with Crippen molar-refractivity contribution >= 4 is 8.80 Å². The Morgan fingerprint density at radius 2 is 2.00 bits per heavy atom. The zero-order chi connectivity index (χ0) is 6.69. The van der Waals surface area contributed by atoms with Crippen LogP contribution in [-0.4, -0.2) is 8.80 Å². The topological polar surface area (TPSA) is 0 Å². The minimum atomic E-state index is -0.568. The van der Waals surface area contributed by atoms with Gasteiger partial charge in [-0.05, 0) is 12.8 Å². The van der Waals surface area contributed by atoms with E-state index in [1.165, 1.54) is 19.3 Å². The summed E-state index contributed by atoms with van der Waals surface area (Å²) in [4.78, 5) is 0. The monoisotopic (exact) mass is 138 g/mol.